The Kier molecular flexibility index (Phi) is 33.3. The van der Waals surface area contributed by atoms with Crippen LogP contribution in [0, 0.1) is 0 Å². The van der Waals surface area contributed by atoms with Crippen LogP contribution in [0.5, 0.6) is 46.0 Å². The minimum Gasteiger partial charge on any atom is -0.494 e. The largest absolute Gasteiger partial charge is 0.494 e. The Hall–Kier alpha value is -9.28. The predicted molar refractivity (Wildman–Crippen MR) is 418 cm³/mol. The van der Waals surface area contributed by atoms with Crippen LogP contribution < -0.4 is 37.9 Å². The van der Waals surface area contributed by atoms with Crippen molar-refractivity contribution in [2.75, 3.05) is 39.6 Å². The number of carbonyl (C=O) groups excluding carboxylic acids is 2. The van der Waals surface area contributed by atoms with E-state index in [4.69, 9.17) is 37.9 Å². The lowest BCUT2D eigenvalue weighted by molar-refractivity contribution is 0.0725. The van der Waals surface area contributed by atoms with E-state index in [1.54, 1.807) is 24.3 Å². The maximum absolute atomic E-state index is 13.0. The lowest BCUT2D eigenvalue weighted by atomic mass is 9.96. The van der Waals surface area contributed by atoms with Gasteiger partial charge in [0.1, 0.15) is 46.0 Å². The molecular formula is C92H110O10. The number of aryl methyl sites for hydroxylation is 2. The van der Waals surface area contributed by atoms with Gasteiger partial charge in [-0.1, -0.05) is 240 Å². The van der Waals surface area contributed by atoms with E-state index in [1.807, 2.05) is 97.1 Å². The molecule has 0 saturated carbocycles. The number of rotatable bonds is 48. The molecule has 0 heterocycles. The number of esters is 2. The van der Waals surface area contributed by atoms with E-state index in [0.29, 0.717) is 49.1 Å². The van der Waals surface area contributed by atoms with Crippen molar-refractivity contribution in [1.82, 2.24) is 0 Å². The Bertz CT molecular complexity index is 3550. The van der Waals surface area contributed by atoms with Crippen LogP contribution in [-0.4, -0.2) is 51.6 Å². The van der Waals surface area contributed by atoms with Crippen LogP contribution in [-0.2, 0) is 12.8 Å². The molecule has 9 aromatic carbocycles. The van der Waals surface area contributed by atoms with Gasteiger partial charge in [-0.2, -0.15) is 0 Å². The molecule has 0 saturated heterocycles. The van der Waals surface area contributed by atoms with E-state index in [0.717, 1.165) is 182 Å². The highest BCUT2D eigenvalue weighted by atomic mass is 16.5. The minimum absolute atomic E-state index is 0.400. The molecule has 10 nitrogen and oxygen atoms in total. The zero-order valence-electron chi connectivity index (χ0n) is 61.3. The van der Waals surface area contributed by atoms with Crippen LogP contribution in [0.4, 0.5) is 0 Å². The summed E-state index contributed by atoms with van der Waals surface area (Å²) in [7, 11) is 0. The molecule has 0 bridgehead atoms. The molecule has 9 aromatic rings. The van der Waals surface area contributed by atoms with Crippen molar-refractivity contribution in [2.45, 2.75) is 195 Å². The minimum atomic E-state index is -0.400. The average molecular weight is 1380 g/mol. The van der Waals surface area contributed by atoms with Gasteiger partial charge in [0.15, 0.2) is 0 Å². The first kappa shape index (κ1) is 76.9. The van der Waals surface area contributed by atoms with Gasteiger partial charge in [-0.15, -0.1) is 0 Å². The van der Waals surface area contributed by atoms with Crippen LogP contribution in [0.2, 0.25) is 0 Å². The van der Waals surface area contributed by atoms with Crippen molar-refractivity contribution < 1.29 is 47.5 Å². The maximum atomic E-state index is 13.0. The summed E-state index contributed by atoms with van der Waals surface area (Å²) in [4.78, 5) is 26.0. The fourth-order valence-corrected chi connectivity index (χ4v) is 12.5. The molecule has 10 heteroatoms. The Balaban J connectivity index is 0.646. The van der Waals surface area contributed by atoms with Crippen LogP contribution in [0.15, 0.2) is 206 Å². The van der Waals surface area contributed by atoms with Crippen molar-refractivity contribution in [3.8, 4) is 90.5 Å². The molecular weight excluding hydrogens is 1270 g/mol. The van der Waals surface area contributed by atoms with Crippen LogP contribution in [0.1, 0.15) is 214 Å². The normalized spacial score (nSPS) is 11.1. The van der Waals surface area contributed by atoms with Gasteiger partial charge in [0.25, 0.3) is 0 Å². The highest BCUT2D eigenvalue weighted by molar-refractivity contribution is 5.92. The van der Waals surface area contributed by atoms with Crippen molar-refractivity contribution in [1.29, 1.82) is 0 Å². The summed E-state index contributed by atoms with van der Waals surface area (Å²) in [5.41, 5.74) is 12.3. The summed E-state index contributed by atoms with van der Waals surface area (Å²) >= 11 is 0. The number of benzene rings is 9. The summed E-state index contributed by atoms with van der Waals surface area (Å²) < 4.78 is 48.8. The van der Waals surface area contributed by atoms with Gasteiger partial charge in [0, 0.05) is 11.1 Å². The Morgan fingerprint density at radius 1 is 0.235 bits per heavy atom. The molecule has 0 atom stereocenters. The monoisotopic (exact) mass is 1370 g/mol. The molecule has 0 unspecified atom stereocenters. The maximum Gasteiger partial charge on any atom is 0.343 e. The van der Waals surface area contributed by atoms with Gasteiger partial charge in [-0.05, 0) is 205 Å². The van der Waals surface area contributed by atoms with Crippen LogP contribution >= 0.6 is 0 Å². The molecule has 9 rings (SSSR count). The second-order valence-electron chi connectivity index (χ2n) is 26.8. The van der Waals surface area contributed by atoms with Crippen LogP contribution in [0.3, 0.4) is 0 Å². The van der Waals surface area contributed by atoms with E-state index < -0.39 is 11.9 Å². The van der Waals surface area contributed by atoms with E-state index in [-0.39, 0.29) is 0 Å². The summed E-state index contributed by atoms with van der Waals surface area (Å²) in [5, 5.41) is 0. The molecule has 0 aliphatic rings. The lowest BCUT2D eigenvalue weighted by Gasteiger charge is -2.19. The molecule has 0 amide bonds. The van der Waals surface area contributed by atoms with Crippen molar-refractivity contribution in [3.63, 3.8) is 0 Å². The zero-order valence-corrected chi connectivity index (χ0v) is 61.3. The van der Waals surface area contributed by atoms with Crippen molar-refractivity contribution in [2.24, 2.45) is 0 Å². The third-order valence-electron chi connectivity index (χ3n) is 18.5. The first-order chi connectivity index (χ1) is 50.2. The number of hydrogen-bond donors (Lipinski definition) is 0. The number of ether oxygens (including phenoxy) is 8. The van der Waals surface area contributed by atoms with Crippen molar-refractivity contribution in [3.05, 3.63) is 229 Å². The summed E-state index contributed by atoms with van der Waals surface area (Å²) in [5.74, 6) is 5.26. The molecule has 0 aromatic heterocycles. The van der Waals surface area contributed by atoms with Crippen molar-refractivity contribution >= 4 is 11.9 Å². The molecule has 0 spiro atoms. The summed E-state index contributed by atoms with van der Waals surface area (Å²) in [6, 6.07) is 68.3. The quantitative estimate of drug-likeness (QED) is 0.0208. The standard InChI is InChI=1S/C92H110O10/c1-5-9-23-63-95-81-51-39-73(40-52-81)75-43-59-85(60-44-75)101-91(93)79-47-55-83(56-48-79)97-65-25-19-15-11-13-17-21-27-67-99-89-69-88(78-37-33-72(30-8-4)34-38-78)90(70-87(89)77-35-31-71(29-7-3)32-36-77)100-68-28-22-18-14-12-16-20-26-66-98-84-57-49-80(50-58-84)92(94)102-86-61-45-76(46-62-86)74-41-53-82(54-42-74)96-64-24-10-6-2/h31-62,69-70H,5-30,63-68H2,1-4H3. The molecule has 0 radical (unpaired) electrons. The topological polar surface area (TPSA) is 108 Å². The second kappa shape index (κ2) is 44.2. The first-order valence-corrected chi connectivity index (χ1v) is 38.4. The van der Waals surface area contributed by atoms with Gasteiger partial charge in [-0.3, -0.25) is 0 Å². The third kappa shape index (κ3) is 26.3. The van der Waals surface area contributed by atoms with E-state index in [9.17, 15) is 9.59 Å². The van der Waals surface area contributed by atoms with Gasteiger partial charge < -0.3 is 37.9 Å². The van der Waals surface area contributed by atoms with E-state index in [2.05, 4.69) is 113 Å². The summed E-state index contributed by atoms with van der Waals surface area (Å²) in [6.45, 7) is 12.9. The average Bonchev–Trinajstić information content (AvgIpc) is 0.785. The first-order valence-electron chi connectivity index (χ1n) is 38.4. The van der Waals surface area contributed by atoms with Gasteiger partial charge in [0.05, 0.1) is 50.8 Å². The highest BCUT2D eigenvalue weighted by Crippen LogP contribution is 2.42. The molecule has 0 fully saturated rings. The smallest absolute Gasteiger partial charge is 0.343 e. The third-order valence-corrected chi connectivity index (χ3v) is 18.5. The fourth-order valence-electron chi connectivity index (χ4n) is 12.5. The molecule has 0 aliphatic carbocycles. The number of carbonyl (C=O) groups is 2. The van der Waals surface area contributed by atoms with Gasteiger partial charge in [0.2, 0.25) is 0 Å². The number of hydrogen-bond acceptors (Lipinski definition) is 10. The molecule has 102 heavy (non-hydrogen) atoms. The second-order valence-corrected chi connectivity index (χ2v) is 26.8. The predicted octanol–water partition coefficient (Wildman–Crippen LogP) is 25.0. The summed E-state index contributed by atoms with van der Waals surface area (Å²) in [6.07, 6.45) is 29.1. The lowest BCUT2D eigenvalue weighted by Crippen LogP contribution is -2.08. The molecule has 0 N–H and O–H groups in total. The Morgan fingerprint density at radius 3 is 0.745 bits per heavy atom. The van der Waals surface area contributed by atoms with E-state index >= 15 is 0 Å². The van der Waals surface area contributed by atoms with Crippen LogP contribution in [0.25, 0.3) is 44.5 Å². The zero-order chi connectivity index (χ0) is 71.0. The highest BCUT2D eigenvalue weighted by Gasteiger charge is 2.18. The van der Waals surface area contributed by atoms with Gasteiger partial charge >= 0.3 is 11.9 Å². The van der Waals surface area contributed by atoms with Gasteiger partial charge in [-0.25, -0.2) is 9.59 Å². The Labute approximate surface area is 609 Å². The Morgan fingerprint density at radius 2 is 0.471 bits per heavy atom. The fraction of sp³-hybridized carbons (Fsp3) is 0.391. The SMILES string of the molecule is CCCCCOc1ccc(-c2ccc(OC(=O)c3ccc(OCCCCCCCCCCOc4cc(-c5ccc(CCC)cc5)c(OCCCCCCCCCCOc5ccc(C(=O)Oc6ccc(-c7ccc(OCCCCC)cc7)cc6)cc5)cc4-c4ccc(CCC)cc4)cc3)cc2)cc1. The van der Waals surface area contributed by atoms with E-state index in [1.165, 1.54) is 88.2 Å². The molecule has 538 valence electrons. The molecule has 0 aliphatic heterocycles. The number of unbranched alkanes of at least 4 members (excludes halogenated alkanes) is 18.